The monoisotopic (exact) mass is 384 g/mol. The highest BCUT2D eigenvalue weighted by Crippen LogP contribution is 2.18. The smallest absolute Gasteiger partial charge is 0.224 e. The Morgan fingerprint density at radius 2 is 1.86 bits per heavy atom. The van der Waals surface area contributed by atoms with Gasteiger partial charge in [0.05, 0.1) is 11.0 Å². The zero-order valence-corrected chi connectivity index (χ0v) is 17.0. The van der Waals surface area contributed by atoms with Gasteiger partial charge in [0, 0.05) is 45.4 Å². The van der Waals surface area contributed by atoms with Crippen molar-refractivity contribution < 1.29 is 9.59 Å². The van der Waals surface area contributed by atoms with Crippen molar-refractivity contribution in [1.29, 1.82) is 0 Å². The van der Waals surface area contributed by atoms with Crippen molar-refractivity contribution in [2.24, 2.45) is 0 Å². The molecular formula is C22H32N4O2. The summed E-state index contributed by atoms with van der Waals surface area (Å²) in [4.78, 5) is 30.9. The molecule has 1 saturated heterocycles. The van der Waals surface area contributed by atoms with Crippen molar-refractivity contribution in [3.05, 3.63) is 30.1 Å². The molecule has 1 N–H and O–H groups in total. The van der Waals surface area contributed by atoms with E-state index in [0.29, 0.717) is 25.9 Å². The number of rotatable bonds is 8. The van der Waals surface area contributed by atoms with Crippen LogP contribution in [0.25, 0.3) is 11.0 Å². The van der Waals surface area contributed by atoms with E-state index in [4.69, 9.17) is 4.98 Å². The number of fused-ring (bicyclic) bond motifs is 1. The molecule has 0 bridgehead atoms. The summed E-state index contributed by atoms with van der Waals surface area (Å²) in [6.07, 6.45) is 7.36. The fourth-order valence-corrected chi connectivity index (χ4v) is 3.85. The van der Waals surface area contributed by atoms with Gasteiger partial charge in [-0.1, -0.05) is 31.9 Å². The number of amides is 2. The molecule has 1 aliphatic rings. The van der Waals surface area contributed by atoms with Crippen LogP contribution in [0.2, 0.25) is 0 Å². The SMILES string of the molecule is CCC(=O)NCCCc1nc2ccccc2n1CCC(=O)N1CCCCCC1. The second-order valence-corrected chi connectivity index (χ2v) is 7.52. The first-order valence-corrected chi connectivity index (χ1v) is 10.7. The summed E-state index contributed by atoms with van der Waals surface area (Å²) in [6, 6.07) is 8.10. The van der Waals surface area contributed by atoms with E-state index < -0.39 is 0 Å². The van der Waals surface area contributed by atoms with Gasteiger partial charge in [0.2, 0.25) is 11.8 Å². The van der Waals surface area contributed by atoms with Crippen LogP contribution in [-0.2, 0) is 22.6 Å². The molecule has 2 aromatic rings. The predicted octanol–water partition coefficient (Wildman–Crippen LogP) is 3.29. The summed E-state index contributed by atoms with van der Waals surface area (Å²) in [6.45, 7) is 4.96. The minimum absolute atomic E-state index is 0.0801. The van der Waals surface area contributed by atoms with Crippen LogP contribution in [0.4, 0.5) is 0 Å². The summed E-state index contributed by atoms with van der Waals surface area (Å²) in [7, 11) is 0. The number of imidazole rings is 1. The van der Waals surface area contributed by atoms with E-state index in [9.17, 15) is 9.59 Å². The van der Waals surface area contributed by atoms with E-state index in [1.807, 2.05) is 30.0 Å². The first kappa shape index (κ1) is 20.4. The average molecular weight is 385 g/mol. The Hall–Kier alpha value is -2.37. The van der Waals surface area contributed by atoms with Gasteiger partial charge in [0.1, 0.15) is 5.82 Å². The van der Waals surface area contributed by atoms with Gasteiger partial charge in [-0.3, -0.25) is 9.59 Å². The Morgan fingerprint density at radius 1 is 1.11 bits per heavy atom. The van der Waals surface area contributed by atoms with Crippen molar-refractivity contribution in [2.75, 3.05) is 19.6 Å². The minimum Gasteiger partial charge on any atom is -0.356 e. The topological polar surface area (TPSA) is 67.2 Å². The van der Waals surface area contributed by atoms with Crippen LogP contribution in [0.15, 0.2) is 24.3 Å². The molecular weight excluding hydrogens is 352 g/mol. The number of likely N-dealkylation sites (tertiary alicyclic amines) is 1. The van der Waals surface area contributed by atoms with Crippen molar-refractivity contribution in [3.8, 4) is 0 Å². The molecule has 28 heavy (non-hydrogen) atoms. The van der Waals surface area contributed by atoms with E-state index >= 15 is 0 Å². The molecule has 2 heterocycles. The number of nitrogens with zero attached hydrogens (tertiary/aromatic N) is 3. The molecule has 6 heteroatoms. The molecule has 1 fully saturated rings. The van der Waals surface area contributed by atoms with Gasteiger partial charge in [0.15, 0.2) is 0 Å². The van der Waals surface area contributed by atoms with Crippen molar-refractivity contribution in [3.63, 3.8) is 0 Å². The van der Waals surface area contributed by atoms with Gasteiger partial charge in [-0.25, -0.2) is 4.98 Å². The number of aryl methyl sites for hydroxylation is 2. The van der Waals surface area contributed by atoms with E-state index in [1.165, 1.54) is 12.8 Å². The summed E-state index contributed by atoms with van der Waals surface area (Å²) in [5.41, 5.74) is 2.05. The molecule has 152 valence electrons. The maximum absolute atomic E-state index is 12.7. The van der Waals surface area contributed by atoms with Crippen LogP contribution < -0.4 is 5.32 Å². The van der Waals surface area contributed by atoms with Crippen LogP contribution >= 0.6 is 0 Å². The van der Waals surface area contributed by atoms with Crippen LogP contribution in [0.5, 0.6) is 0 Å². The second kappa shape index (κ2) is 10.2. The van der Waals surface area contributed by atoms with Gasteiger partial charge in [-0.2, -0.15) is 0 Å². The largest absolute Gasteiger partial charge is 0.356 e. The molecule has 1 aromatic heterocycles. The number of hydrogen-bond acceptors (Lipinski definition) is 3. The lowest BCUT2D eigenvalue weighted by atomic mass is 10.2. The maximum atomic E-state index is 12.7. The zero-order valence-electron chi connectivity index (χ0n) is 17.0. The van der Waals surface area contributed by atoms with Crippen LogP contribution in [0.1, 0.15) is 57.7 Å². The van der Waals surface area contributed by atoms with Crippen molar-refractivity contribution in [2.45, 2.75) is 64.8 Å². The fourth-order valence-electron chi connectivity index (χ4n) is 3.85. The predicted molar refractivity (Wildman–Crippen MR) is 111 cm³/mol. The second-order valence-electron chi connectivity index (χ2n) is 7.52. The molecule has 1 aliphatic heterocycles. The van der Waals surface area contributed by atoms with Gasteiger partial charge in [0.25, 0.3) is 0 Å². The van der Waals surface area contributed by atoms with Crippen LogP contribution in [-0.4, -0.2) is 45.9 Å². The van der Waals surface area contributed by atoms with E-state index in [1.54, 1.807) is 0 Å². The van der Waals surface area contributed by atoms with Crippen LogP contribution in [0.3, 0.4) is 0 Å². The molecule has 1 aromatic carbocycles. The fraction of sp³-hybridized carbons (Fsp3) is 0.591. The third-order valence-electron chi connectivity index (χ3n) is 5.46. The molecule has 2 amide bonds. The summed E-state index contributed by atoms with van der Waals surface area (Å²) in [5.74, 6) is 1.33. The first-order chi connectivity index (χ1) is 13.7. The third-order valence-corrected chi connectivity index (χ3v) is 5.46. The first-order valence-electron chi connectivity index (χ1n) is 10.7. The van der Waals surface area contributed by atoms with Crippen molar-refractivity contribution in [1.82, 2.24) is 19.8 Å². The Labute approximate surface area is 167 Å². The number of para-hydroxylation sites is 2. The highest BCUT2D eigenvalue weighted by atomic mass is 16.2. The third kappa shape index (κ3) is 5.33. The van der Waals surface area contributed by atoms with Crippen LogP contribution in [0, 0.1) is 0 Å². The van der Waals surface area contributed by atoms with E-state index in [0.717, 1.165) is 55.6 Å². The van der Waals surface area contributed by atoms with E-state index in [-0.39, 0.29) is 11.8 Å². The number of nitrogens with one attached hydrogen (secondary N) is 1. The average Bonchev–Trinajstić information content (AvgIpc) is 2.87. The zero-order chi connectivity index (χ0) is 19.8. The highest BCUT2D eigenvalue weighted by molar-refractivity contribution is 5.78. The summed E-state index contributed by atoms with van der Waals surface area (Å²) in [5, 5.41) is 2.92. The lowest BCUT2D eigenvalue weighted by Gasteiger charge is -2.20. The molecule has 0 radical (unpaired) electrons. The van der Waals surface area contributed by atoms with Gasteiger partial charge >= 0.3 is 0 Å². The number of carbonyl (C=O) groups excluding carboxylic acids is 2. The molecule has 6 nitrogen and oxygen atoms in total. The van der Waals surface area contributed by atoms with Gasteiger partial charge in [-0.15, -0.1) is 0 Å². The minimum atomic E-state index is 0.0801. The number of carbonyl (C=O) groups is 2. The Bertz CT molecular complexity index is 791. The summed E-state index contributed by atoms with van der Waals surface area (Å²) < 4.78 is 2.19. The highest BCUT2D eigenvalue weighted by Gasteiger charge is 2.17. The molecule has 0 unspecified atom stereocenters. The molecule has 3 rings (SSSR count). The lowest BCUT2D eigenvalue weighted by molar-refractivity contribution is -0.131. The molecule has 0 spiro atoms. The number of aromatic nitrogens is 2. The summed E-state index contributed by atoms with van der Waals surface area (Å²) >= 11 is 0. The lowest BCUT2D eigenvalue weighted by Crippen LogP contribution is -2.32. The van der Waals surface area contributed by atoms with E-state index in [2.05, 4.69) is 16.0 Å². The molecule has 0 atom stereocenters. The standard InChI is InChI=1S/C22H32N4O2/c1-2-21(27)23-14-9-12-20-24-18-10-5-6-11-19(18)26(20)17-13-22(28)25-15-7-3-4-8-16-25/h5-6,10-11H,2-4,7-9,12-17H2,1H3,(H,23,27). The molecule has 0 aliphatic carbocycles. The maximum Gasteiger partial charge on any atom is 0.224 e. The number of hydrogen-bond donors (Lipinski definition) is 1. The Kier molecular flexibility index (Phi) is 7.46. The van der Waals surface area contributed by atoms with Crippen molar-refractivity contribution >= 4 is 22.8 Å². The molecule has 0 saturated carbocycles. The van der Waals surface area contributed by atoms with Gasteiger partial charge < -0.3 is 14.8 Å². The Balaban J connectivity index is 1.64. The number of benzene rings is 1. The Morgan fingerprint density at radius 3 is 2.61 bits per heavy atom. The normalized spacial score (nSPS) is 14.8. The quantitative estimate of drug-likeness (QED) is 0.710. The van der Waals surface area contributed by atoms with Gasteiger partial charge in [-0.05, 0) is 31.4 Å².